The molecule has 0 spiro atoms. The molecule has 32 heavy (non-hydrogen) atoms. The Kier molecular flexibility index (Phi) is 5.89. The van der Waals surface area contributed by atoms with Crippen LogP contribution < -0.4 is 10.2 Å². The molecule has 2 atom stereocenters. The second kappa shape index (κ2) is 8.68. The van der Waals surface area contributed by atoms with E-state index >= 15 is 0 Å². The molecule has 0 unspecified atom stereocenters. The number of hydrogen-bond donors (Lipinski definition) is 1. The van der Waals surface area contributed by atoms with Crippen molar-refractivity contribution in [1.29, 1.82) is 0 Å². The summed E-state index contributed by atoms with van der Waals surface area (Å²) in [4.78, 5) is 26.7. The van der Waals surface area contributed by atoms with Gasteiger partial charge in [-0.05, 0) is 24.6 Å². The summed E-state index contributed by atoms with van der Waals surface area (Å²) in [6.45, 7) is 4.28. The molecule has 0 bridgehead atoms. The average molecular weight is 467 g/mol. The third-order valence-electron chi connectivity index (χ3n) is 6.49. The Morgan fingerprint density at radius 3 is 2.72 bits per heavy atom. The maximum absolute atomic E-state index is 13.4. The monoisotopic (exact) mass is 466 g/mol. The molecule has 2 aromatic heterocycles. The lowest BCUT2D eigenvalue weighted by molar-refractivity contribution is -0.141. The fourth-order valence-corrected chi connectivity index (χ4v) is 5.72. The van der Waals surface area contributed by atoms with Crippen LogP contribution in [0, 0.1) is 0 Å². The van der Waals surface area contributed by atoms with E-state index in [-0.39, 0.29) is 23.6 Å². The van der Waals surface area contributed by atoms with Gasteiger partial charge in [0.15, 0.2) is 5.65 Å². The van der Waals surface area contributed by atoms with Crippen LogP contribution in [0.3, 0.4) is 0 Å². The number of amides is 1. The number of fused-ring (bicyclic) bond motifs is 1. The number of aromatic nitrogens is 2. The van der Waals surface area contributed by atoms with Crippen molar-refractivity contribution in [3.8, 4) is 0 Å². The van der Waals surface area contributed by atoms with Gasteiger partial charge in [0, 0.05) is 62.6 Å². The number of nitrogens with zero attached hydrogens (tertiary/aromatic N) is 5. The van der Waals surface area contributed by atoms with E-state index < -0.39 is 11.9 Å². The summed E-state index contributed by atoms with van der Waals surface area (Å²) in [5.74, 6) is 1.96. The second-order valence-electron chi connectivity index (χ2n) is 8.41. The maximum atomic E-state index is 13.4. The summed E-state index contributed by atoms with van der Waals surface area (Å²) in [5, 5.41) is 4.00. The van der Waals surface area contributed by atoms with E-state index in [0.29, 0.717) is 24.2 Å². The largest absolute Gasteiger partial charge is 0.433 e. The van der Waals surface area contributed by atoms with Gasteiger partial charge in [-0.25, -0.2) is 9.97 Å². The molecular formula is C21H25F3N6OS. The number of nitrogens with one attached hydrogen (secondary N) is 1. The van der Waals surface area contributed by atoms with Crippen LogP contribution in [0.15, 0.2) is 24.4 Å². The van der Waals surface area contributed by atoms with Crippen LogP contribution in [0.25, 0.3) is 11.0 Å². The standard InChI is InChI=1S/C21H25F3N6OS/c22-21(23,24)18-11-17(15-2-1-3-25-19(15)27-18)29-6-4-28(5-7-29)14-10-16(26-12-14)20(31)30-8-9-32-13-30/h1-3,11,14,16,26H,4-10,12-13H2/t14-,16-/m0/s1. The smallest absolute Gasteiger partial charge is 0.368 e. The normalized spacial score (nSPS) is 25.1. The van der Waals surface area contributed by atoms with E-state index in [0.717, 1.165) is 50.3 Å². The molecule has 2 aromatic rings. The molecule has 1 amide bonds. The molecule has 11 heteroatoms. The molecule has 0 saturated carbocycles. The van der Waals surface area contributed by atoms with Crippen LogP contribution in [0.5, 0.6) is 0 Å². The van der Waals surface area contributed by atoms with E-state index in [2.05, 4.69) is 20.2 Å². The van der Waals surface area contributed by atoms with Crippen LogP contribution in [0.4, 0.5) is 18.9 Å². The Balaban J connectivity index is 1.26. The Hall–Kier alpha value is -2.11. The van der Waals surface area contributed by atoms with Crippen LogP contribution in [0.1, 0.15) is 12.1 Å². The van der Waals surface area contributed by atoms with Crippen molar-refractivity contribution >= 4 is 34.4 Å². The van der Waals surface area contributed by atoms with Crippen molar-refractivity contribution < 1.29 is 18.0 Å². The molecule has 0 radical (unpaired) electrons. The van der Waals surface area contributed by atoms with Gasteiger partial charge in [0.1, 0.15) is 5.69 Å². The molecule has 0 aliphatic carbocycles. The number of carbonyl (C=O) groups is 1. The van der Waals surface area contributed by atoms with Gasteiger partial charge in [-0.1, -0.05) is 0 Å². The lowest BCUT2D eigenvalue weighted by Crippen LogP contribution is -2.51. The van der Waals surface area contributed by atoms with Crippen molar-refractivity contribution in [2.45, 2.75) is 24.7 Å². The van der Waals surface area contributed by atoms with E-state index in [1.54, 1.807) is 23.9 Å². The van der Waals surface area contributed by atoms with Gasteiger partial charge < -0.3 is 15.1 Å². The van der Waals surface area contributed by atoms with Crippen LogP contribution in [0.2, 0.25) is 0 Å². The number of rotatable bonds is 3. The SMILES string of the molecule is O=C([C@@H]1C[C@H](N2CCN(c3cc(C(F)(F)F)nc4ncccc34)CC2)CN1)N1CCSC1. The maximum Gasteiger partial charge on any atom is 0.433 e. The number of halogens is 3. The Morgan fingerprint density at radius 1 is 1.19 bits per heavy atom. The van der Waals surface area contributed by atoms with Gasteiger partial charge in [-0.3, -0.25) is 9.69 Å². The number of anilines is 1. The van der Waals surface area contributed by atoms with Crippen LogP contribution in [-0.4, -0.2) is 88.7 Å². The van der Waals surface area contributed by atoms with Crippen LogP contribution in [-0.2, 0) is 11.0 Å². The van der Waals surface area contributed by atoms with Gasteiger partial charge in [0.2, 0.25) is 5.91 Å². The zero-order valence-corrected chi connectivity index (χ0v) is 18.3. The summed E-state index contributed by atoms with van der Waals surface area (Å²) in [7, 11) is 0. The summed E-state index contributed by atoms with van der Waals surface area (Å²) in [6, 6.07) is 4.76. The van der Waals surface area contributed by atoms with Gasteiger partial charge in [-0.15, -0.1) is 11.8 Å². The Bertz CT molecular complexity index is 991. The molecule has 1 N–H and O–H groups in total. The fourth-order valence-electron chi connectivity index (χ4n) is 4.77. The summed E-state index contributed by atoms with van der Waals surface area (Å²) in [6.07, 6.45) is -2.28. The van der Waals surface area contributed by atoms with Crippen molar-refractivity contribution in [3.63, 3.8) is 0 Å². The molecular weight excluding hydrogens is 441 g/mol. The molecule has 3 aliphatic rings. The third-order valence-corrected chi connectivity index (χ3v) is 7.46. The van der Waals surface area contributed by atoms with Crippen molar-refractivity contribution in [2.24, 2.45) is 0 Å². The number of piperazine rings is 1. The Morgan fingerprint density at radius 2 is 2.00 bits per heavy atom. The second-order valence-corrected chi connectivity index (χ2v) is 9.49. The topological polar surface area (TPSA) is 64.6 Å². The average Bonchev–Trinajstić information content (AvgIpc) is 3.50. The number of carbonyl (C=O) groups excluding carboxylic acids is 1. The van der Waals surface area contributed by atoms with Gasteiger partial charge >= 0.3 is 6.18 Å². The summed E-state index contributed by atoms with van der Waals surface area (Å²) in [5.41, 5.74) is -0.275. The van der Waals surface area contributed by atoms with Gasteiger partial charge in [0.05, 0.1) is 17.6 Å². The highest BCUT2D eigenvalue weighted by Crippen LogP contribution is 2.34. The van der Waals surface area contributed by atoms with Gasteiger partial charge in [-0.2, -0.15) is 13.2 Å². The minimum Gasteiger partial charge on any atom is -0.368 e. The highest BCUT2D eigenvalue weighted by atomic mass is 32.2. The first-order valence-electron chi connectivity index (χ1n) is 10.8. The summed E-state index contributed by atoms with van der Waals surface area (Å²) < 4.78 is 40.2. The first-order valence-corrected chi connectivity index (χ1v) is 12.0. The minimum atomic E-state index is -4.52. The highest BCUT2D eigenvalue weighted by molar-refractivity contribution is 7.99. The zero-order chi connectivity index (χ0) is 22.3. The molecule has 7 nitrogen and oxygen atoms in total. The molecule has 3 fully saturated rings. The molecule has 0 aromatic carbocycles. The number of pyridine rings is 2. The number of hydrogen-bond acceptors (Lipinski definition) is 7. The summed E-state index contributed by atoms with van der Waals surface area (Å²) >= 11 is 1.78. The number of thioether (sulfide) groups is 1. The molecule has 3 saturated heterocycles. The third kappa shape index (κ3) is 4.25. The predicted octanol–water partition coefficient (Wildman–Crippen LogP) is 2.03. The zero-order valence-electron chi connectivity index (χ0n) is 17.5. The lowest BCUT2D eigenvalue weighted by Gasteiger charge is -2.39. The first-order chi connectivity index (χ1) is 15.4. The lowest BCUT2D eigenvalue weighted by atomic mass is 10.1. The van der Waals surface area contributed by atoms with E-state index in [1.807, 2.05) is 9.80 Å². The van der Waals surface area contributed by atoms with E-state index in [9.17, 15) is 18.0 Å². The van der Waals surface area contributed by atoms with Crippen molar-refractivity contribution in [2.75, 3.05) is 55.8 Å². The van der Waals surface area contributed by atoms with Crippen LogP contribution >= 0.6 is 11.8 Å². The molecule has 5 rings (SSSR count). The quantitative estimate of drug-likeness (QED) is 0.743. The first kappa shape index (κ1) is 21.7. The fraction of sp³-hybridized carbons (Fsp3) is 0.571. The minimum absolute atomic E-state index is 0.112. The van der Waals surface area contributed by atoms with Crippen molar-refractivity contribution in [1.82, 2.24) is 25.1 Å². The predicted molar refractivity (Wildman–Crippen MR) is 118 cm³/mol. The highest BCUT2D eigenvalue weighted by Gasteiger charge is 2.38. The molecule has 3 aliphatic heterocycles. The Labute approximate surface area is 188 Å². The van der Waals surface area contributed by atoms with Gasteiger partial charge in [0.25, 0.3) is 0 Å². The van der Waals surface area contributed by atoms with Crippen molar-refractivity contribution in [3.05, 3.63) is 30.1 Å². The molecule has 172 valence electrons. The van der Waals surface area contributed by atoms with E-state index in [1.165, 1.54) is 6.20 Å². The molecule has 5 heterocycles. The number of alkyl halides is 3. The van der Waals surface area contributed by atoms with E-state index in [4.69, 9.17) is 0 Å².